The number of hydrogen-bond donors (Lipinski definition) is 1. The van der Waals surface area contributed by atoms with Crippen LogP contribution in [0.3, 0.4) is 0 Å². The van der Waals surface area contributed by atoms with Gasteiger partial charge in [-0.1, -0.05) is 12.1 Å². The van der Waals surface area contributed by atoms with Gasteiger partial charge in [0.1, 0.15) is 0 Å². The normalized spacial score (nSPS) is 20.1. The summed E-state index contributed by atoms with van der Waals surface area (Å²) in [6.07, 6.45) is 2.15. The molecule has 1 heterocycles. The van der Waals surface area contributed by atoms with E-state index in [4.69, 9.17) is 0 Å². The molecule has 0 bridgehead atoms. The Kier molecular flexibility index (Phi) is 4.45. The van der Waals surface area contributed by atoms with Crippen molar-refractivity contribution in [2.75, 3.05) is 13.7 Å². The van der Waals surface area contributed by atoms with E-state index in [1.807, 2.05) is 26.0 Å². The molecule has 1 aliphatic heterocycles. The number of carbonyl (C=O) groups is 1. The van der Waals surface area contributed by atoms with Crippen LogP contribution in [0.1, 0.15) is 42.6 Å². The highest BCUT2D eigenvalue weighted by molar-refractivity contribution is 5.89. The second kappa shape index (κ2) is 5.94. The number of rotatable bonds is 4. The summed E-state index contributed by atoms with van der Waals surface area (Å²) in [4.78, 5) is 13.7. The number of carbonyl (C=O) groups excluding carboxylic acids is 1. The average molecular weight is 277 g/mol. The van der Waals surface area contributed by atoms with Gasteiger partial charge in [-0.3, -0.25) is 4.90 Å². The monoisotopic (exact) mass is 277 g/mol. The lowest BCUT2D eigenvalue weighted by molar-refractivity contribution is -0.00501. The van der Waals surface area contributed by atoms with Crippen LogP contribution in [0.25, 0.3) is 0 Å². The Bertz CT molecular complexity index is 462. The topological polar surface area (TPSA) is 49.8 Å². The number of hydrogen-bond acceptors (Lipinski definition) is 4. The van der Waals surface area contributed by atoms with Crippen LogP contribution in [-0.4, -0.2) is 41.3 Å². The quantitative estimate of drug-likeness (QED) is 0.857. The lowest BCUT2D eigenvalue weighted by Gasteiger charge is -2.33. The van der Waals surface area contributed by atoms with E-state index in [0.717, 1.165) is 31.5 Å². The summed E-state index contributed by atoms with van der Waals surface area (Å²) in [5, 5.41) is 10.2. The summed E-state index contributed by atoms with van der Waals surface area (Å²) in [6, 6.07) is 7.67. The fourth-order valence-electron chi connectivity index (χ4n) is 2.91. The first kappa shape index (κ1) is 15.0. The zero-order chi connectivity index (χ0) is 14.8. The van der Waals surface area contributed by atoms with Crippen LogP contribution >= 0.6 is 0 Å². The molecule has 1 aromatic carbocycles. The molecule has 0 amide bonds. The Morgan fingerprint density at radius 3 is 2.60 bits per heavy atom. The predicted octanol–water partition coefficient (Wildman–Crippen LogP) is 2.21. The smallest absolute Gasteiger partial charge is 0.337 e. The van der Waals surface area contributed by atoms with Gasteiger partial charge in [0.2, 0.25) is 0 Å². The number of ether oxygens (including phenoxy) is 1. The second-order valence-corrected chi connectivity index (χ2v) is 5.97. The molecule has 1 atom stereocenters. The summed E-state index contributed by atoms with van der Waals surface area (Å²) < 4.78 is 4.69. The molecular formula is C16H23NO3. The molecule has 20 heavy (non-hydrogen) atoms. The molecule has 1 fully saturated rings. The zero-order valence-electron chi connectivity index (χ0n) is 12.4. The van der Waals surface area contributed by atoms with E-state index >= 15 is 0 Å². The third-order valence-electron chi connectivity index (χ3n) is 3.94. The van der Waals surface area contributed by atoms with Crippen molar-refractivity contribution in [1.29, 1.82) is 0 Å². The maximum atomic E-state index is 11.4. The molecule has 110 valence electrons. The van der Waals surface area contributed by atoms with Gasteiger partial charge in [0.25, 0.3) is 0 Å². The molecule has 0 saturated carbocycles. The van der Waals surface area contributed by atoms with Crippen LogP contribution in [0.2, 0.25) is 0 Å². The standard InChI is InChI=1S/C16H23NO3/c1-16(2,19)14-5-4-10-17(14)11-12-6-8-13(9-7-12)15(18)20-3/h6-9,14,19H,4-5,10-11H2,1-3H3. The van der Waals surface area contributed by atoms with Gasteiger partial charge in [-0.2, -0.15) is 0 Å². The number of methoxy groups -OCH3 is 1. The molecule has 1 aromatic rings. The van der Waals surface area contributed by atoms with Crippen LogP contribution in [0.15, 0.2) is 24.3 Å². The van der Waals surface area contributed by atoms with Crippen molar-refractivity contribution >= 4 is 5.97 Å². The highest BCUT2D eigenvalue weighted by Crippen LogP contribution is 2.28. The fraction of sp³-hybridized carbons (Fsp3) is 0.562. The van der Waals surface area contributed by atoms with Crippen molar-refractivity contribution in [3.63, 3.8) is 0 Å². The zero-order valence-corrected chi connectivity index (χ0v) is 12.4. The Hall–Kier alpha value is -1.39. The lowest BCUT2D eigenvalue weighted by Crippen LogP contribution is -2.45. The molecule has 4 nitrogen and oxygen atoms in total. The minimum Gasteiger partial charge on any atom is -0.465 e. The first-order chi connectivity index (χ1) is 9.41. The first-order valence-electron chi connectivity index (χ1n) is 7.05. The molecule has 0 spiro atoms. The van der Waals surface area contributed by atoms with Crippen molar-refractivity contribution < 1.29 is 14.6 Å². The van der Waals surface area contributed by atoms with Crippen molar-refractivity contribution in [3.05, 3.63) is 35.4 Å². The van der Waals surface area contributed by atoms with Gasteiger partial charge < -0.3 is 9.84 Å². The highest BCUT2D eigenvalue weighted by atomic mass is 16.5. The Morgan fingerprint density at radius 1 is 1.40 bits per heavy atom. The third kappa shape index (κ3) is 3.38. The van der Waals surface area contributed by atoms with E-state index in [2.05, 4.69) is 9.64 Å². The van der Waals surface area contributed by atoms with Gasteiger partial charge in [0.05, 0.1) is 18.3 Å². The molecule has 0 aromatic heterocycles. The Morgan fingerprint density at radius 2 is 2.05 bits per heavy atom. The average Bonchev–Trinajstić information content (AvgIpc) is 2.87. The molecule has 1 saturated heterocycles. The second-order valence-electron chi connectivity index (χ2n) is 5.97. The number of nitrogens with zero attached hydrogens (tertiary/aromatic N) is 1. The third-order valence-corrected chi connectivity index (χ3v) is 3.94. The van der Waals surface area contributed by atoms with Crippen molar-refractivity contribution in [2.45, 2.75) is 44.9 Å². The number of benzene rings is 1. The lowest BCUT2D eigenvalue weighted by atomic mass is 9.96. The summed E-state index contributed by atoms with van der Waals surface area (Å²) in [5.41, 5.74) is 1.04. The van der Waals surface area contributed by atoms with Crippen molar-refractivity contribution in [2.24, 2.45) is 0 Å². The Balaban J connectivity index is 2.05. The van der Waals surface area contributed by atoms with E-state index in [9.17, 15) is 9.90 Å². The molecule has 2 rings (SSSR count). The van der Waals surface area contributed by atoms with Gasteiger partial charge in [0, 0.05) is 12.6 Å². The molecule has 0 aliphatic carbocycles. The van der Waals surface area contributed by atoms with Gasteiger partial charge in [0.15, 0.2) is 0 Å². The summed E-state index contributed by atoms with van der Waals surface area (Å²) >= 11 is 0. The largest absolute Gasteiger partial charge is 0.465 e. The van der Waals surface area contributed by atoms with Gasteiger partial charge in [-0.25, -0.2) is 4.79 Å². The highest BCUT2D eigenvalue weighted by Gasteiger charge is 2.35. The number of likely N-dealkylation sites (tertiary alicyclic amines) is 1. The van der Waals surface area contributed by atoms with Crippen LogP contribution in [0.4, 0.5) is 0 Å². The maximum absolute atomic E-state index is 11.4. The molecule has 1 aliphatic rings. The van der Waals surface area contributed by atoms with E-state index in [-0.39, 0.29) is 12.0 Å². The van der Waals surface area contributed by atoms with Gasteiger partial charge in [-0.05, 0) is 50.9 Å². The van der Waals surface area contributed by atoms with Crippen molar-refractivity contribution in [3.8, 4) is 0 Å². The first-order valence-corrected chi connectivity index (χ1v) is 7.05. The SMILES string of the molecule is COC(=O)c1ccc(CN2CCCC2C(C)(C)O)cc1. The van der Waals surface area contributed by atoms with Crippen LogP contribution < -0.4 is 0 Å². The van der Waals surface area contributed by atoms with Crippen LogP contribution in [0, 0.1) is 0 Å². The summed E-state index contributed by atoms with van der Waals surface area (Å²) in [5.74, 6) is -0.313. The van der Waals surface area contributed by atoms with E-state index in [1.54, 1.807) is 12.1 Å². The maximum Gasteiger partial charge on any atom is 0.337 e. The predicted molar refractivity (Wildman–Crippen MR) is 77.5 cm³/mol. The van der Waals surface area contributed by atoms with E-state index < -0.39 is 5.60 Å². The van der Waals surface area contributed by atoms with E-state index in [0.29, 0.717) is 5.56 Å². The van der Waals surface area contributed by atoms with Crippen LogP contribution in [-0.2, 0) is 11.3 Å². The minimum absolute atomic E-state index is 0.197. The number of aliphatic hydroxyl groups is 1. The fourth-order valence-corrected chi connectivity index (χ4v) is 2.91. The van der Waals surface area contributed by atoms with Gasteiger partial charge in [-0.15, -0.1) is 0 Å². The number of esters is 1. The van der Waals surface area contributed by atoms with Crippen molar-refractivity contribution in [1.82, 2.24) is 4.90 Å². The van der Waals surface area contributed by atoms with Gasteiger partial charge >= 0.3 is 5.97 Å². The Labute approximate surface area is 120 Å². The van der Waals surface area contributed by atoms with Crippen LogP contribution in [0.5, 0.6) is 0 Å². The minimum atomic E-state index is -0.678. The van der Waals surface area contributed by atoms with E-state index in [1.165, 1.54) is 7.11 Å². The summed E-state index contributed by atoms with van der Waals surface area (Å²) in [6.45, 7) is 5.55. The molecule has 0 radical (unpaired) electrons. The summed E-state index contributed by atoms with van der Waals surface area (Å²) in [7, 11) is 1.38. The molecule has 4 heteroatoms. The molecule has 1 N–H and O–H groups in total. The molecule has 1 unspecified atom stereocenters. The molecular weight excluding hydrogens is 254 g/mol.